The van der Waals surface area contributed by atoms with E-state index in [0.717, 1.165) is 0 Å². The molecular weight excluding hydrogens is 150 g/mol. The number of urea groups is 1. The third kappa shape index (κ3) is 0.871. The zero-order chi connectivity index (χ0) is 7.94. The number of hydrogen-bond acceptors (Lipinski definition) is 2. The zero-order valence-corrected chi connectivity index (χ0v) is 7.03. The van der Waals surface area contributed by atoms with Crippen LogP contribution in [-0.4, -0.2) is 41.8 Å². The molecule has 1 rings (SSSR count). The molecule has 4 nitrogen and oxygen atoms in total. The Labute approximate surface area is 65.0 Å². The third-order valence-corrected chi connectivity index (χ3v) is 2.18. The lowest BCUT2D eigenvalue weighted by atomic mass is 10.8. The van der Waals surface area contributed by atoms with Gasteiger partial charge in [0.05, 0.1) is 14.1 Å². The monoisotopic (exact) mass is 160 g/mol. The molecule has 10 heavy (non-hydrogen) atoms. The maximum atomic E-state index is 10.9. The summed E-state index contributed by atoms with van der Waals surface area (Å²) < 4.78 is 0.269. The van der Waals surface area contributed by atoms with Crippen molar-refractivity contribution in [1.29, 1.82) is 0 Å². The minimum absolute atomic E-state index is 0.144. The maximum Gasteiger partial charge on any atom is 0.371 e. The fourth-order valence-corrected chi connectivity index (χ4v) is 0.952. The maximum absolute atomic E-state index is 10.9. The summed E-state index contributed by atoms with van der Waals surface area (Å²) in [4.78, 5) is 12.3. The van der Waals surface area contributed by atoms with Gasteiger partial charge in [0.2, 0.25) is 0 Å². The highest BCUT2D eigenvalue weighted by Gasteiger charge is 2.40. The van der Waals surface area contributed by atoms with Crippen molar-refractivity contribution in [2.75, 3.05) is 21.1 Å². The molecule has 1 heterocycles. The second-order valence-electron chi connectivity index (χ2n) is 2.71. The smallest absolute Gasteiger partial charge is 0.243 e. The Hall–Kier alpha value is -0.680. The molecule has 5 heteroatoms. The van der Waals surface area contributed by atoms with E-state index in [-0.39, 0.29) is 10.6 Å². The van der Waals surface area contributed by atoms with E-state index in [1.807, 2.05) is 14.1 Å². The van der Waals surface area contributed by atoms with E-state index in [1.54, 1.807) is 7.05 Å². The number of carbonyl (C=O) groups excluding carboxylic acids is 1. The van der Waals surface area contributed by atoms with Crippen LogP contribution in [0.3, 0.4) is 0 Å². The molecule has 0 bridgehead atoms. The van der Waals surface area contributed by atoms with Gasteiger partial charge < -0.3 is 0 Å². The first-order chi connectivity index (χ1) is 4.45. The van der Waals surface area contributed by atoms with Crippen LogP contribution in [0.4, 0.5) is 4.79 Å². The Bertz CT molecular complexity index is 201. The predicted molar refractivity (Wildman–Crippen MR) is 41.0 cm³/mol. The van der Waals surface area contributed by atoms with Gasteiger partial charge in [0.25, 0.3) is 0 Å². The van der Waals surface area contributed by atoms with E-state index in [1.165, 1.54) is 4.90 Å². The molecule has 0 aromatic carbocycles. The summed E-state index contributed by atoms with van der Waals surface area (Å²) in [6.07, 6.45) is 0. The summed E-state index contributed by atoms with van der Waals surface area (Å²) in [5.74, 6) is 0. The van der Waals surface area contributed by atoms with Gasteiger partial charge in [0, 0.05) is 19.3 Å². The number of nitrogens with one attached hydrogen (secondary N) is 1. The van der Waals surface area contributed by atoms with Crippen molar-refractivity contribution < 1.29 is 9.39 Å². The Morgan fingerprint density at radius 2 is 2.10 bits per heavy atom. The molecule has 0 spiro atoms. The number of carbonyl (C=O) groups is 1. The van der Waals surface area contributed by atoms with Crippen molar-refractivity contribution >= 4 is 23.4 Å². The molecule has 0 aromatic heterocycles. The van der Waals surface area contributed by atoms with Crippen LogP contribution in [0, 0.1) is 0 Å². The number of rotatable bonds is 0. The fraction of sp³-hybridized carbons (Fsp3) is 0.600. The second-order valence-corrected chi connectivity index (χ2v) is 3.08. The Morgan fingerprint density at radius 1 is 1.60 bits per heavy atom. The molecule has 0 radical (unpaired) electrons. The third-order valence-electron chi connectivity index (χ3n) is 1.44. The van der Waals surface area contributed by atoms with Crippen LogP contribution in [0.25, 0.3) is 0 Å². The summed E-state index contributed by atoms with van der Waals surface area (Å²) in [7, 11) is 5.30. The van der Waals surface area contributed by atoms with E-state index >= 15 is 0 Å². The van der Waals surface area contributed by atoms with Gasteiger partial charge in [-0.2, -0.15) is 10.0 Å². The van der Waals surface area contributed by atoms with E-state index in [4.69, 9.17) is 12.2 Å². The molecule has 56 valence electrons. The molecule has 1 fully saturated rings. The van der Waals surface area contributed by atoms with Gasteiger partial charge in [-0.15, -0.1) is 0 Å². The van der Waals surface area contributed by atoms with Gasteiger partial charge in [0.15, 0.2) is 0 Å². The van der Waals surface area contributed by atoms with Crippen molar-refractivity contribution in [2.24, 2.45) is 0 Å². The molecule has 1 aliphatic rings. The van der Waals surface area contributed by atoms with Crippen molar-refractivity contribution in [3.63, 3.8) is 0 Å². The van der Waals surface area contributed by atoms with Crippen LogP contribution >= 0.6 is 12.2 Å². The minimum Gasteiger partial charge on any atom is -0.243 e. The summed E-state index contributed by atoms with van der Waals surface area (Å²) in [6, 6.07) is -0.144. The quantitative estimate of drug-likeness (QED) is 0.397. The Morgan fingerprint density at radius 3 is 2.20 bits per heavy atom. The average molecular weight is 160 g/mol. The van der Waals surface area contributed by atoms with Crippen molar-refractivity contribution in [1.82, 2.24) is 10.3 Å². The molecule has 0 aliphatic carbocycles. The minimum atomic E-state index is -0.144. The number of quaternary nitrogens is 1. The molecule has 0 atom stereocenters. The standard InChI is InChI=1S/C5H9N3OS/c1-7-4(9)6-8(2,3)5(7)10/h1-3H3/p+1. The van der Waals surface area contributed by atoms with E-state index in [0.29, 0.717) is 5.11 Å². The first-order valence-corrected chi connectivity index (χ1v) is 3.30. The van der Waals surface area contributed by atoms with E-state index in [9.17, 15) is 4.79 Å². The van der Waals surface area contributed by atoms with Crippen molar-refractivity contribution in [3.8, 4) is 0 Å². The largest absolute Gasteiger partial charge is 0.371 e. The van der Waals surface area contributed by atoms with Gasteiger partial charge >= 0.3 is 11.1 Å². The van der Waals surface area contributed by atoms with Crippen LogP contribution in [0.5, 0.6) is 0 Å². The average Bonchev–Trinajstić information content (AvgIpc) is 1.95. The van der Waals surface area contributed by atoms with Crippen LogP contribution in [-0.2, 0) is 0 Å². The summed E-state index contributed by atoms with van der Waals surface area (Å²) in [5, 5.41) is 0.588. The Balaban J connectivity index is 2.92. The summed E-state index contributed by atoms with van der Waals surface area (Å²) in [6.45, 7) is 0. The second kappa shape index (κ2) is 1.90. The number of thiocarbonyl (C=S) groups is 1. The molecular formula is C5H10N3OS+. The zero-order valence-electron chi connectivity index (χ0n) is 6.21. The van der Waals surface area contributed by atoms with Gasteiger partial charge in [-0.05, 0) is 0 Å². The highest BCUT2D eigenvalue weighted by atomic mass is 32.1. The Kier molecular flexibility index (Phi) is 1.41. The van der Waals surface area contributed by atoms with Crippen LogP contribution < -0.4 is 5.43 Å². The molecule has 1 saturated heterocycles. The molecule has 1 aliphatic heterocycles. The lowest BCUT2D eigenvalue weighted by Crippen LogP contribution is -2.49. The number of amides is 2. The lowest BCUT2D eigenvalue weighted by molar-refractivity contribution is -0.830. The van der Waals surface area contributed by atoms with Crippen molar-refractivity contribution in [2.45, 2.75) is 0 Å². The molecule has 0 saturated carbocycles. The topological polar surface area (TPSA) is 32.3 Å². The number of nitrogens with zero attached hydrogens (tertiary/aromatic N) is 2. The van der Waals surface area contributed by atoms with Gasteiger partial charge in [-0.25, -0.2) is 9.69 Å². The van der Waals surface area contributed by atoms with Crippen LogP contribution in [0.2, 0.25) is 0 Å². The van der Waals surface area contributed by atoms with Crippen LogP contribution in [0.15, 0.2) is 0 Å². The molecule has 1 N–H and O–H groups in total. The van der Waals surface area contributed by atoms with E-state index in [2.05, 4.69) is 5.43 Å². The summed E-state index contributed by atoms with van der Waals surface area (Å²) >= 11 is 4.97. The fourth-order valence-electron chi connectivity index (χ4n) is 0.824. The van der Waals surface area contributed by atoms with Gasteiger partial charge in [-0.1, -0.05) is 0 Å². The lowest BCUT2D eigenvalue weighted by Gasteiger charge is -2.18. The first kappa shape index (κ1) is 7.43. The number of hydrogen-bond donors (Lipinski definition) is 1. The van der Waals surface area contributed by atoms with Gasteiger partial charge in [0.1, 0.15) is 0 Å². The highest BCUT2D eigenvalue weighted by molar-refractivity contribution is 7.80. The van der Waals surface area contributed by atoms with Crippen LogP contribution in [0.1, 0.15) is 0 Å². The molecule has 0 unspecified atom stereocenters. The van der Waals surface area contributed by atoms with E-state index < -0.39 is 0 Å². The van der Waals surface area contributed by atoms with Gasteiger partial charge in [-0.3, -0.25) is 0 Å². The predicted octanol–water partition coefficient (Wildman–Crippen LogP) is -0.0823. The first-order valence-electron chi connectivity index (χ1n) is 2.89. The molecule has 0 aromatic rings. The molecule has 2 amide bonds. The summed E-state index contributed by atoms with van der Waals surface area (Å²) in [5.41, 5.74) is 2.68. The van der Waals surface area contributed by atoms with Crippen molar-refractivity contribution in [3.05, 3.63) is 0 Å². The normalized spacial score (nSPS) is 23.3. The SMILES string of the molecule is CN1C(=O)N[N+](C)(C)C1=S. The highest BCUT2D eigenvalue weighted by Crippen LogP contribution is 2.08.